The van der Waals surface area contributed by atoms with Gasteiger partial charge in [-0.1, -0.05) is 13.8 Å². The lowest BCUT2D eigenvalue weighted by Gasteiger charge is -2.27. The van der Waals surface area contributed by atoms with E-state index in [1.165, 1.54) is 0 Å². The van der Waals surface area contributed by atoms with Crippen molar-refractivity contribution in [1.82, 2.24) is 4.98 Å². The van der Waals surface area contributed by atoms with E-state index >= 15 is 0 Å². The fourth-order valence-corrected chi connectivity index (χ4v) is 1.95. The summed E-state index contributed by atoms with van der Waals surface area (Å²) < 4.78 is 0. The number of nitrogens with zero attached hydrogens (tertiary/aromatic N) is 2. The first kappa shape index (κ1) is 15.3. The highest BCUT2D eigenvalue weighted by Crippen LogP contribution is 2.20. The first-order valence-electron chi connectivity index (χ1n) is 6.45. The van der Waals surface area contributed by atoms with Crippen LogP contribution in [-0.4, -0.2) is 36.2 Å². The molecule has 0 aliphatic carbocycles. The van der Waals surface area contributed by atoms with Crippen molar-refractivity contribution in [2.24, 2.45) is 11.8 Å². The van der Waals surface area contributed by atoms with Crippen molar-refractivity contribution >= 4 is 17.5 Å². The van der Waals surface area contributed by atoms with Gasteiger partial charge in [-0.2, -0.15) is 0 Å². The van der Waals surface area contributed by atoms with Crippen LogP contribution < -0.4 is 10.2 Å². The van der Waals surface area contributed by atoms with Gasteiger partial charge in [0.05, 0.1) is 17.8 Å². The smallest absolute Gasteiger partial charge is 0.308 e. The molecule has 1 aromatic rings. The molecule has 0 aliphatic heterocycles. The maximum Gasteiger partial charge on any atom is 0.308 e. The van der Waals surface area contributed by atoms with Crippen molar-refractivity contribution in [2.75, 3.05) is 24.3 Å². The zero-order valence-electron chi connectivity index (χ0n) is 12.2. The predicted molar refractivity (Wildman–Crippen MR) is 77.6 cm³/mol. The molecule has 0 aliphatic rings. The topological polar surface area (TPSA) is 65.5 Å². The highest BCUT2D eigenvalue weighted by atomic mass is 16.4. The Labute approximate surface area is 114 Å². The summed E-state index contributed by atoms with van der Waals surface area (Å²) in [6.07, 6.45) is 1.74. The van der Waals surface area contributed by atoms with E-state index in [0.29, 0.717) is 0 Å². The van der Waals surface area contributed by atoms with Gasteiger partial charge in [-0.25, -0.2) is 4.98 Å². The van der Waals surface area contributed by atoms with Crippen LogP contribution in [0, 0.1) is 11.8 Å². The molecule has 0 spiro atoms. The molecule has 0 saturated heterocycles. The highest BCUT2D eigenvalue weighted by Gasteiger charge is 2.26. The summed E-state index contributed by atoms with van der Waals surface area (Å²) in [6.45, 7) is 5.75. The van der Waals surface area contributed by atoms with Crippen LogP contribution in [0.5, 0.6) is 0 Å². The molecule has 1 rings (SSSR count). The second-order valence-electron chi connectivity index (χ2n) is 5.34. The Morgan fingerprint density at radius 3 is 2.32 bits per heavy atom. The summed E-state index contributed by atoms with van der Waals surface area (Å²) in [6, 6.07) is 3.71. The molecule has 1 aromatic heterocycles. The van der Waals surface area contributed by atoms with Gasteiger partial charge in [0.1, 0.15) is 5.82 Å². The Kier molecular flexibility index (Phi) is 5.15. The Balaban J connectivity index is 2.82. The van der Waals surface area contributed by atoms with Crippen LogP contribution in [-0.2, 0) is 4.79 Å². The fourth-order valence-electron chi connectivity index (χ4n) is 1.95. The number of aromatic nitrogens is 1. The van der Waals surface area contributed by atoms with Gasteiger partial charge in [0.2, 0.25) is 0 Å². The van der Waals surface area contributed by atoms with Gasteiger partial charge in [0.25, 0.3) is 0 Å². The molecule has 0 aromatic carbocycles. The first-order valence-corrected chi connectivity index (χ1v) is 6.45. The molecule has 0 bridgehead atoms. The van der Waals surface area contributed by atoms with Gasteiger partial charge in [-0.3, -0.25) is 4.79 Å². The number of carboxylic acids is 1. The van der Waals surface area contributed by atoms with Crippen molar-refractivity contribution in [1.29, 1.82) is 0 Å². The maximum atomic E-state index is 11.1. The SMILES string of the molecule is CC(C)C(Nc1ccc(N(C)C)nc1)C(C)C(=O)O. The molecule has 2 atom stereocenters. The van der Waals surface area contributed by atoms with Gasteiger partial charge in [0, 0.05) is 20.1 Å². The Morgan fingerprint density at radius 2 is 1.95 bits per heavy atom. The molecular weight excluding hydrogens is 242 g/mol. The molecule has 2 unspecified atom stereocenters. The van der Waals surface area contributed by atoms with Crippen LogP contribution in [0.4, 0.5) is 11.5 Å². The van der Waals surface area contributed by atoms with E-state index < -0.39 is 11.9 Å². The van der Waals surface area contributed by atoms with Gasteiger partial charge in [-0.05, 0) is 25.0 Å². The normalized spacial score (nSPS) is 14.0. The lowest BCUT2D eigenvalue weighted by Crippen LogP contribution is -2.36. The van der Waals surface area contributed by atoms with Gasteiger partial charge >= 0.3 is 5.97 Å². The maximum absolute atomic E-state index is 11.1. The zero-order valence-corrected chi connectivity index (χ0v) is 12.2. The van der Waals surface area contributed by atoms with E-state index in [1.54, 1.807) is 13.1 Å². The van der Waals surface area contributed by atoms with E-state index in [4.69, 9.17) is 5.11 Å². The minimum Gasteiger partial charge on any atom is -0.481 e. The van der Waals surface area contributed by atoms with Gasteiger partial charge in [0.15, 0.2) is 0 Å². The van der Waals surface area contributed by atoms with Crippen molar-refractivity contribution in [3.05, 3.63) is 18.3 Å². The summed E-state index contributed by atoms with van der Waals surface area (Å²) in [5, 5.41) is 12.4. The monoisotopic (exact) mass is 265 g/mol. The average Bonchev–Trinajstić information content (AvgIpc) is 2.35. The van der Waals surface area contributed by atoms with Crippen LogP contribution in [0.25, 0.3) is 0 Å². The van der Waals surface area contributed by atoms with Crippen LogP contribution in [0.2, 0.25) is 0 Å². The third-order valence-electron chi connectivity index (χ3n) is 3.19. The standard InChI is InChI=1S/C14H23N3O2/c1-9(2)13(10(3)14(18)19)16-11-6-7-12(15-8-11)17(4)5/h6-10,13,16H,1-5H3,(H,18,19). The van der Waals surface area contributed by atoms with E-state index in [-0.39, 0.29) is 12.0 Å². The van der Waals surface area contributed by atoms with E-state index in [1.807, 2.05) is 45.0 Å². The van der Waals surface area contributed by atoms with Crippen molar-refractivity contribution < 1.29 is 9.90 Å². The molecule has 0 saturated carbocycles. The van der Waals surface area contributed by atoms with Crippen LogP contribution in [0.15, 0.2) is 18.3 Å². The van der Waals surface area contributed by atoms with E-state index in [9.17, 15) is 4.79 Å². The molecule has 2 N–H and O–H groups in total. The minimum atomic E-state index is -0.788. The summed E-state index contributed by atoms with van der Waals surface area (Å²) in [5.41, 5.74) is 0.845. The molecule has 0 radical (unpaired) electrons. The lowest BCUT2D eigenvalue weighted by molar-refractivity contribution is -0.141. The molecule has 5 heteroatoms. The molecule has 5 nitrogen and oxygen atoms in total. The highest BCUT2D eigenvalue weighted by molar-refractivity contribution is 5.71. The van der Waals surface area contributed by atoms with Crippen molar-refractivity contribution in [3.63, 3.8) is 0 Å². The number of hydrogen-bond donors (Lipinski definition) is 2. The first-order chi connectivity index (χ1) is 8.82. The van der Waals surface area contributed by atoms with Gasteiger partial charge < -0.3 is 15.3 Å². The quantitative estimate of drug-likeness (QED) is 0.826. The summed E-state index contributed by atoms with van der Waals surface area (Å²) >= 11 is 0. The number of nitrogens with one attached hydrogen (secondary N) is 1. The average molecular weight is 265 g/mol. The van der Waals surface area contributed by atoms with E-state index in [2.05, 4.69) is 10.3 Å². The summed E-state index contributed by atoms with van der Waals surface area (Å²) in [5.74, 6) is -0.143. The Bertz CT molecular complexity index is 415. The molecule has 0 amide bonds. The summed E-state index contributed by atoms with van der Waals surface area (Å²) in [4.78, 5) is 17.3. The van der Waals surface area contributed by atoms with Crippen LogP contribution in [0.3, 0.4) is 0 Å². The second kappa shape index (κ2) is 6.41. The number of anilines is 2. The fraction of sp³-hybridized carbons (Fsp3) is 0.571. The molecule has 106 valence electrons. The number of rotatable bonds is 6. The van der Waals surface area contributed by atoms with Crippen molar-refractivity contribution in [3.8, 4) is 0 Å². The van der Waals surface area contributed by atoms with Crippen LogP contribution in [0.1, 0.15) is 20.8 Å². The van der Waals surface area contributed by atoms with Crippen LogP contribution >= 0.6 is 0 Å². The number of aliphatic carboxylic acids is 1. The summed E-state index contributed by atoms with van der Waals surface area (Å²) in [7, 11) is 3.86. The largest absolute Gasteiger partial charge is 0.481 e. The Morgan fingerprint density at radius 1 is 1.32 bits per heavy atom. The van der Waals surface area contributed by atoms with E-state index in [0.717, 1.165) is 11.5 Å². The third kappa shape index (κ3) is 4.12. The molecule has 0 fully saturated rings. The molecule has 1 heterocycles. The predicted octanol–water partition coefficient (Wildman–Crippen LogP) is 2.30. The number of carbonyl (C=O) groups is 1. The number of hydrogen-bond acceptors (Lipinski definition) is 4. The lowest BCUT2D eigenvalue weighted by atomic mass is 9.91. The van der Waals surface area contributed by atoms with Gasteiger partial charge in [-0.15, -0.1) is 0 Å². The Hall–Kier alpha value is -1.78. The minimum absolute atomic E-state index is 0.121. The molecule has 19 heavy (non-hydrogen) atoms. The van der Waals surface area contributed by atoms with Crippen molar-refractivity contribution in [2.45, 2.75) is 26.8 Å². The number of pyridine rings is 1. The zero-order chi connectivity index (χ0) is 14.6. The second-order valence-corrected chi connectivity index (χ2v) is 5.34. The third-order valence-corrected chi connectivity index (χ3v) is 3.19. The number of carboxylic acid groups (broad SMARTS) is 1. The molecular formula is C14H23N3O2.